The molecule has 3 atom stereocenters. The van der Waals surface area contributed by atoms with E-state index in [1.807, 2.05) is 0 Å². The summed E-state index contributed by atoms with van der Waals surface area (Å²) in [6.45, 7) is 4.77. The van der Waals surface area contributed by atoms with E-state index in [9.17, 15) is 19.2 Å². The maximum absolute atomic E-state index is 11.6. The Morgan fingerprint density at radius 2 is 1.61 bits per heavy atom. The fraction of sp³-hybridized carbons (Fsp3) is 0.667. The van der Waals surface area contributed by atoms with Gasteiger partial charge in [-0.15, -0.1) is 0 Å². The third-order valence-electron chi connectivity index (χ3n) is 3.84. The molecule has 0 aromatic heterocycles. The van der Waals surface area contributed by atoms with E-state index in [0.717, 1.165) is 0 Å². The van der Waals surface area contributed by atoms with Crippen LogP contribution in [0.25, 0.3) is 0 Å². The summed E-state index contributed by atoms with van der Waals surface area (Å²) in [7, 11) is 0. The smallest absolute Gasteiger partial charge is 0.320 e. The zero-order valence-corrected chi connectivity index (χ0v) is 10.4. The summed E-state index contributed by atoms with van der Waals surface area (Å²) >= 11 is 0. The van der Waals surface area contributed by atoms with Gasteiger partial charge in [-0.2, -0.15) is 0 Å². The summed E-state index contributed by atoms with van der Waals surface area (Å²) in [6.07, 6.45) is 0.101. The van der Waals surface area contributed by atoms with E-state index in [1.165, 1.54) is 0 Å². The van der Waals surface area contributed by atoms with Crippen LogP contribution in [0.2, 0.25) is 0 Å². The van der Waals surface area contributed by atoms with Crippen molar-refractivity contribution in [3.05, 3.63) is 0 Å². The Morgan fingerprint density at radius 1 is 1.00 bits per heavy atom. The van der Waals surface area contributed by atoms with Crippen LogP contribution in [0.3, 0.4) is 0 Å². The molecule has 0 N–H and O–H groups in total. The third kappa shape index (κ3) is 1.72. The van der Waals surface area contributed by atoms with Gasteiger partial charge in [0, 0.05) is 0 Å². The standard InChI is InChI=1S/C12H14O6/c1-5-6(9(14)17-8(5)13)4-7-10(15)18-11(16)12(7,2)3/h5-7H,4H2,1-3H3. The highest BCUT2D eigenvalue weighted by molar-refractivity contribution is 6.00. The highest BCUT2D eigenvalue weighted by Gasteiger charge is 2.54. The summed E-state index contributed by atoms with van der Waals surface area (Å²) in [5.41, 5.74) is -0.970. The van der Waals surface area contributed by atoms with Crippen molar-refractivity contribution in [3.63, 3.8) is 0 Å². The van der Waals surface area contributed by atoms with Crippen molar-refractivity contribution in [3.8, 4) is 0 Å². The molecule has 0 saturated carbocycles. The molecule has 0 radical (unpaired) electrons. The maximum Gasteiger partial charge on any atom is 0.320 e. The maximum atomic E-state index is 11.6. The summed E-state index contributed by atoms with van der Waals surface area (Å²) in [5, 5.41) is 0. The largest absolute Gasteiger partial charge is 0.393 e. The van der Waals surface area contributed by atoms with Crippen LogP contribution in [0.5, 0.6) is 0 Å². The first-order valence-corrected chi connectivity index (χ1v) is 5.76. The van der Waals surface area contributed by atoms with Gasteiger partial charge in [-0.3, -0.25) is 19.2 Å². The van der Waals surface area contributed by atoms with E-state index < -0.39 is 47.0 Å². The molecule has 6 heteroatoms. The normalized spacial score (nSPS) is 34.7. The number of ether oxygens (including phenoxy) is 2. The average molecular weight is 254 g/mol. The molecule has 0 aromatic carbocycles. The number of hydrogen-bond acceptors (Lipinski definition) is 6. The van der Waals surface area contributed by atoms with Crippen molar-refractivity contribution in [1.82, 2.24) is 0 Å². The fourth-order valence-electron chi connectivity index (χ4n) is 2.31. The lowest BCUT2D eigenvalue weighted by molar-refractivity contribution is -0.155. The summed E-state index contributed by atoms with van der Waals surface area (Å²) in [4.78, 5) is 45.8. The molecule has 2 rings (SSSR count). The summed E-state index contributed by atoms with van der Waals surface area (Å²) in [6, 6.07) is 0. The first-order chi connectivity index (χ1) is 8.25. The number of esters is 4. The Morgan fingerprint density at radius 3 is 2.00 bits per heavy atom. The number of carbonyl (C=O) groups excluding carboxylic acids is 4. The van der Waals surface area contributed by atoms with Gasteiger partial charge in [0.05, 0.1) is 23.2 Å². The monoisotopic (exact) mass is 254 g/mol. The minimum Gasteiger partial charge on any atom is -0.393 e. The van der Waals surface area contributed by atoms with E-state index in [1.54, 1.807) is 20.8 Å². The van der Waals surface area contributed by atoms with Gasteiger partial charge in [-0.25, -0.2) is 0 Å². The van der Waals surface area contributed by atoms with Crippen LogP contribution in [-0.4, -0.2) is 23.9 Å². The number of hydrogen-bond donors (Lipinski definition) is 0. The van der Waals surface area contributed by atoms with Crippen LogP contribution in [0, 0.1) is 23.2 Å². The van der Waals surface area contributed by atoms with Crippen LogP contribution in [-0.2, 0) is 28.7 Å². The first kappa shape index (κ1) is 12.7. The highest BCUT2D eigenvalue weighted by atomic mass is 16.6. The van der Waals surface area contributed by atoms with Gasteiger partial charge in [0.15, 0.2) is 0 Å². The van der Waals surface area contributed by atoms with Crippen molar-refractivity contribution in [1.29, 1.82) is 0 Å². The van der Waals surface area contributed by atoms with Crippen LogP contribution in [0.4, 0.5) is 0 Å². The zero-order valence-electron chi connectivity index (χ0n) is 10.4. The molecule has 2 heterocycles. The molecule has 0 amide bonds. The van der Waals surface area contributed by atoms with Crippen molar-refractivity contribution in [2.75, 3.05) is 0 Å². The lowest BCUT2D eigenvalue weighted by Gasteiger charge is -2.21. The minimum absolute atomic E-state index is 0.101. The van der Waals surface area contributed by atoms with E-state index in [0.29, 0.717) is 0 Å². The Balaban J connectivity index is 2.19. The fourth-order valence-corrected chi connectivity index (χ4v) is 2.31. The quantitative estimate of drug-likeness (QED) is 0.525. The van der Waals surface area contributed by atoms with Crippen molar-refractivity contribution in [2.45, 2.75) is 27.2 Å². The molecule has 2 saturated heterocycles. The molecule has 18 heavy (non-hydrogen) atoms. The van der Waals surface area contributed by atoms with Gasteiger partial charge in [0.2, 0.25) is 0 Å². The molecule has 98 valence electrons. The molecule has 0 spiro atoms. The second kappa shape index (κ2) is 3.90. The molecular weight excluding hydrogens is 240 g/mol. The van der Waals surface area contributed by atoms with Gasteiger partial charge in [0.1, 0.15) is 0 Å². The predicted octanol–water partition coefficient (Wildman–Crippen LogP) is 0.438. The lowest BCUT2D eigenvalue weighted by Crippen LogP contribution is -2.31. The van der Waals surface area contributed by atoms with Crippen LogP contribution in [0.1, 0.15) is 27.2 Å². The molecule has 2 aliphatic heterocycles. The van der Waals surface area contributed by atoms with Gasteiger partial charge >= 0.3 is 23.9 Å². The molecule has 6 nitrogen and oxygen atoms in total. The summed E-state index contributed by atoms with van der Waals surface area (Å²) in [5.74, 6) is -4.42. The predicted molar refractivity (Wildman–Crippen MR) is 56.7 cm³/mol. The van der Waals surface area contributed by atoms with Gasteiger partial charge in [-0.05, 0) is 20.3 Å². The number of carbonyl (C=O) groups is 4. The zero-order chi connectivity index (χ0) is 13.7. The molecule has 0 aliphatic carbocycles. The van der Waals surface area contributed by atoms with Crippen molar-refractivity contribution >= 4 is 23.9 Å². The Bertz CT molecular complexity index is 449. The third-order valence-corrected chi connectivity index (χ3v) is 3.84. The van der Waals surface area contributed by atoms with E-state index in [2.05, 4.69) is 9.47 Å². The topological polar surface area (TPSA) is 86.7 Å². The Kier molecular flexibility index (Phi) is 2.76. The van der Waals surface area contributed by atoms with Crippen LogP contribution in [0.15, 0.2) is 0 Å². The first-order valence-electron chi connectivity index (χ1n) is 5.76. The summed E-state index contributed by atoms with van der Waals surface area (Å²) < 4.78 is 9.09. The van der Waals surface area contributed by atoms with E-state index in [4.69, 9.17) is 0 Å². The SMILES string of the molecule is CC1C(=O)OC(=O)C1CC1C(=O)OC(=O)C1(C)C. The Labute approximate surface area is 104 Å². The second-order valence-corrected chi connectivity index (χ2v) is 5.35. The second-order valence-electron chi connectivity index (χ2n) is 5.35. The molecule has 0 aromatic rings. The van der Waals surface area contributed by atoms with E-state index >= 15 is 0 Å². The molecule has 3 unspecified atom stereocenters. The Hall–Kier alpha value is -1.72. The van der Waals surface area contributed by atoms with Crippen LogP contribution < -0.4 is 0 Å². The van der Waals surface area contributed by atoms with Crippen molar-refractivity contribution < 1.29 is 28.7 Å². The van der Waals surface area contributed by atoms with E-state index in [-0.39, 0.29) is 6.42 Å². The van der Waals surface area contributed by atoms with Gasteiger partial charge in [0.25, 0.3) is 0 Å². The molecule has 2 fully saturated rings. The molecular formula is C12H14O6. The lowest BCUT2D eigenvalue weighted by atomic mass is 9.74. The molecule has 0 bridgehead atoms. The van der Waals surface area contributed by atoms with Crippen molar-refractivity contribution in [2.24, 2.45) is 23.2 Å². The number of rotatable bonds is 2. The van der Waals surface area contributed by atoms with Gasteiger partial charge in [-0.1, -0.05) is 6.92 Å². The highest BCUT2D eigenvalue weighted by Crippen LogP contribution is 2.42. The molecule has 2 aliphatic rings. The average Bonchev–Trinajstić information content (AvgIpc) is 2.59. The van der Waals surface area contributed by atoms with Crippen LogP contribution >= 0.6 is 0 Å². The number of cyclic esters (lactones) is 4. The van der Waals surface area contributed by atoms with Gasteiger partial charge < -0.3 is 9.47 Å². The minimum atomic E-state index is -0.970.